The van der Waals surface area contributed by atoms with Gasteiger partial charge in [0.05, 0.1) is 0 Å². The molecule has 18 heavy (non-hydrogen) atoms. The molecular weight excluding hydrogens is 231 g/mol. The standard InChI is InChI=1S/C14H19FN2O/c1-10(17-14(18)7-15)6-11-2-4-12(5-3-11)13-8-16-9-13/h2-5,10,13,16H,6-9H2,1H3,(H,17,18). The fourth-order valence-corrected chi connectivity index (χ4v) is 2.17. The summed E-state index contributed by atoms with van der Waals surface area (Å²) in [6.45, 7) is 3.06. The van der Waals surface area contributed by atoms with Gasteiger partial charge in [0, 0.05) is 25.0 Å². The van der Waals surface area contributed by atoms with Gasteiger partial charge in [0.25, 0.3) is 5.91 Å². The number of halogens is 1. The van der Waals surface area contributed by atoms with Crippen LogP contribution in [0.15, 0.2) is 24.3 Å². The molecule has 3 nitrogen and oxygen atoms in total. The van der Waals surface area contributed by atoms with Crippen LogP contribution in [0.1, 0.15) is 24.0 Å². The summed E-state index contributed by atoms with van der Waals surface area (Å²) in [6.07, 6.45) is 0.731. The fraction of sp³-hybridized carbons (Fsp3) is 0.500. The molecule has 98 valence electrons. The predicted molar refractivity (Wildman–Crippen MR) is 69.3 cm³/mol. The molecule has 4 heteroatoms. The molecule has 1 fully saturated rings. The van der Waals surface area contributed by atoms with E-state index in [0.717, 1.165) is 25.1 Å². The second kappa shape index (κ2) is 5.96. The molecule has 1 unspecified atom stereocenters. The molecule has 0 spiro atoms. The van der Waals surface area contributed by atoms with E-state index in [0.29, 0.717) is 5.92 Å². The number of carbonyl (C=O) groups is 1. The summed E-state index contributed by atoms with van der Waals surface area (Å²) in [6, 6.07) is 8.43. The first kappa shape index (κ1) is 13.0. The topological polar surface area (TPSA) is 41.1 Å². The molecule has 0 radical (unpaired) electrons. The Balaban J connectivity index is 1.87. The highest BCUT2D eigenvalue weighted by molar-refractivity contribution is 5.77. The second-order valence-corrected chi connectivity index (χ2v) is 4.90. The van der Waals surface area contributed by atoms with Crippen molar-refractivity contribution >= 4 is 5.91 Å². The van der Waals surface area contributed by atoms with Crippen molar-refractivity contribution in [1.82, 2.24) is 10.6 Å². The Kier molecular flexibility index (Phi) is 4.31. The molecular formula is C14H19FN2O. The van der Waals surface area contributed by atoms with E-state index >= 15 is 0 Å². The average Bonchev–Trinajstić information content (AvgIpc) is 2.29. The quantitative estimate of drug-likeness (QED) is 0.829. The van der Waals surface area contributed by atoms with Crippen LogP contribution in [0.3, 0.4) is 0 Å². The first-order chi connectivity index (χ1) is 8.69. The Labute approximate surface area is 107 Å². The van der Waals surface area contributed by atoms with Crippen LogP contribution in [0, 0.1) is 0 Å². The van der Waals surface area contributed by atoms with Crippen LogP contribution in [0.25, 0.3) is 0 Å². The lowest BCUT2D eigenvalue weighted by atomic mass is 9.92. The van der Waals surface area contributed by atoms with Crippen LogP contribution < -0.4 is 10.6 Å². The normalized spacial score (nSPS) is 17.0. The number of carbonyl (C=O) groups excluding carboxylic acids is 1. The molecule has 1 heterocycles. The van der Waals surface area contributed by atoms with Gasteiger partial charge in [0.15, 0.2) is 6.67 Å². The van der Waals surface area contributed by atoms with E-state index in [2.05, 4.69) is 34.9 Å². The van der Waals surface area contributed by atoms with Crippen LogP contribution in [-0.2, 0) is 11.2 Å². The first-order valence-electron chi connectivity index (χ1n) is 6.34. The Bertz CT molecular complexity index is 401. The van der Waals surface area contributed by atoms with E-state index in [1.165, 1.54) is 5.56 Å². The molecule has 1 aromatic rings. The monoisotopic (exact) mass is 250 g/mol. The predicted octanol–water partition coefficient (Wildman–Crippen LogP) is 1.39. The number of amides is 1. The number of benzene rings is 1. The number of hydrogen-bond donors (Lipinski definition) is 2. The Morgan fingerprint density at radius 1 is 1.44 bits per heavy atom. The number of alkyl halides is 1. The zero-order valence-electron chi connectivity index (χ0n) is 10.6. The summed E-state index contributed by atoms with van der Waals surface area (Å²) < 4.78 is 12.1. The molecule has 1 aliphatic heterocycles. The summed E-state index contributed by atoms with van der Waals surface area (Å²) in [4.78, 5) is 10.9. The lowest BCUT2D eigenvalue weighted by Crippen LogP contribution is -2.39. The van der Waals surface area contributed by atoms with Crippen molar-refractivity contribution in [3.8, 4) is 0 Å². The molecule has 1 aliphatic rings. The highest BCUT2D eigenvalue weighted by Crippen LogP contribution is 2.20. The van der Waals surface area contributed by atoms with E-state index in [-0.39, 0.29) is 6.04 Å². The zero-order chi connectivity index (χ0) is 13.0. The van der Waals surface area contributed by atoms with E-state index in [1.807, 2.05) is 6.92 Å². The maximum Gasteiger partial charge on any atom is 0.251 e. The molecule has 0 aromatic heterocycles. The third-order valence-electron chi connectivity index (χ3n) is 3.30. The second-order valence-electron chi connectivity index (χ2n) is 4.90. The minimum atomic E-state index is -0.946. The first-order valence-corrected chi connectivity index (χ1v) is 6.34. The van der Waals surface area contributed by atoms with Gasteiger partial charge >= 0.3 is 0 Å². The van der Waals surface area contributed by atoms with Crippen LogP contribution in [0.5, 0.6) is 0 Å². The molecule has 2 rings (SSSR count). The highest BCUT2D eigenvalue weighted by atomic mass is 19.1. The van der Waals surface area contributed by atoms with Gasteiger partial charge in [0.2, 0.25) is 0 Å². The highest BCUT2D eigenvalue weighted by Gasteiger charge is 2.18. The van der Waals surface area contributed by atoms with E-state index < -0.39 is 12.6 Å². The van der Waals surface area contributed by atoms with Crippen LogP contribution in [0.4, 0.5) is 4.39 Å². The van der Waals surface area contributed by atoms with Crippen LogP contribution in [-0.4, -0.2) is 31.7 Å². The molecule has 1 saturated heterocycles. The van der Waals surface area contributed by atoms with Gasteiger partial charge in [0.1, 0.15) is 0 Å². The summed E-state index contributed by atoms with van der Waals surface area (Å²) in [5.74, 6) is 0.0994. The van der Waals surface area contributed by atoms with Crippen LogP contribution in [0.2, 0.25) is 0 Å². The zero-order valence-corrected chi connectivity index (χ0v) is 10.6. The number of nitrogens with one attached hydrogen (secondary N) is 2. The smallest absolute Gasteiger partial charge is 0.251 e. The van der Waals surface area contributed by atoms with Crippen molar-refractivity contribution < 1.29 is 9.18 Å². The SMILES string of the molecule is CC(Cc1ccc(C2CNC2)cc1)NC(=O)CF. The van der Waals surface area contributed by atoms with Gasteiger partial charge in [-0.15, -0.1) is 0 Å². The summed E-state index contributed by atoms with van der Waals surface area (Å²) in [5.41, 5.74) is 2.52. The largest absolute Gasteiger partial charge is 0.351 e. The number of hydrogen-bond acceptors (Lipinski definition) is 2. The fourth-order valence-electron chi connectivity index (χ4n) is 2.17. The Morgan fingerprint density at radius 2 is 2.11 bits per heavy atom. The maximum absolute atomic E-state index is 12.1. The van der Waals surface area contributed by atoms with Gasteiger partial charge in [-0.1, -0.05) is 24.3 Å². The van der Waals surface area contributed by atoms with Crippen molar-refractivity contribution in [1.29, 1.82) is 0 Å². The molecule has 1 amide bonds. The molecule has 0 aliphatic carbocycles. The van der Waals surface area contributed by atoms with E-state index in [9.17, 15) is 9.18 Å². The van der Waals surface area contributed by atoms with Gasteiger partial charge in [-0.3, -0.25) is 4.79 Å². The van der Waals surface area contributed by atoms with Crippen molar-refractivity contribution in [2.75, 3.05) is 19.8 Å². The van der Waals surface area contributed by atoms with Gasteiger partial charge in [-0.25, -0.2) is 4.39 Å². The average molecular weight is 250 g/mol. The molecule has 1 atom stereocenters. The minimum Gasteiger partial charge on any atom is -0.351 e. The molecule has 0 saturated carbocycles. The summed E-state index contributed by atoms with van der Waals surface area (Å²) in [7, 11) is 0. The van der Waals surface area contributed by atoms with Gasteiger partial charge in [-0.05, 0) is 24.5 Å². The third kappa shape index (κ3) is 3.29. The minimum absolute atomic E-state index is 0.0375. The Hall–Kier alpha value is -1.42. The molecule has 0 bridgehead atoms. The molecule has 2 N–H and O–H groups in total. The molecule has 1 aromatic carbocycles. The Morgan fingerprint density at radius 3 is 2.61 bits per heavy atom. The van der Waals surface area contributed by atoms with Crippen LogP contribution >= 0.6 is 0 Å². The summed E-state index contributed by atoms with van der Waals surface area (Å²) >= 11 is 0. The van der Waals surface area contributed by atoms with Gasteiger partial charge in [-0.2, -0.15) is 0 Å². The maximum atomic E-state index is 12.1. The third-order valence-corrected chi connectivity index (χ3v) is 3.30. The lowest BCUT2D eigenvalue weighted by molar-refractivity contribution is -0.122. The van der Waals surface area contributed by atoms with Crippen molar-refractivity contribution in [2.45, 2.75) is 25.3 Å². The van der Waals surface area contributed by atoms with Crippen molar-refractivity contribution in [3.05, 3.63) is 35.4 Å². The van der Waals surface area contributed by atoms with E-state index in [4.69, 9.17) is 0 Å². The van der Waals surface area contributed by atoms with Gasteiger partial charge < -0.3 is 10.6 Å². The van der Waals surface area contributed by atoms with Crippen molar-refractivity contribution in [2.24, 2.45) is 0 Å². The number of rotatable bonds is 5. The van der Waals surface area contributed by atoms with E-state index in [1.54, 1.807) is 0 Å². The van der Waals surface area contributed by atoms with Crippen molar-refractivity contribution in [3.63, 3.8) is 0 Å². The summed E-state index contributed by atoms with van der Waals surface area (Å²) in [5, 5.41) is 5.87. The lowest BCUT2D eigenvalue weighted by Gasteiger charge is -2.27.